The smallest absolute Gasteiger partial charge is 0.234 e. The second-order valence-corrected chi connectivity index (χ2v) is 9.09. The molecule has 0 saturated carbocycles. The number of nitrogens with zero attached hydrogens (tertiary/aromatic N) is 2. The topological polar surface area (TPSA) is 69.7 Å². The maximum absolute atomic E-state index is 12.6. The van der Waals surface area contributed by atoms with Crippen LogP contribution in [-0.4, -0.2) is 56.3 Å². The largest absolute Gasteiger partial charge is 0.348 e. The molecule has 1 fully saturated rings. The predicted molar refractivity (Wildman–Crippen MR) is 110 cm³/mol. The Kier molecular flexibility index (Phi) is 6.83. The number of piperazine rings is 1. The summed E-state index contributed by atoms with van der Waals surface area (Å²) in [6, 6.07) is 19.0. The fourth-order valence-corrected chi connectivity index (χ4v) is 4.87. The third kappa shape index (κ3) is 5.64. The highest BCUT2D eigenvalue weighted by atomic mass is 32.2. The van der Waals surface area contributed by atoms with Crippen molar-refractivity contribution in [1.29, 1.82) is 0 Å². The van der Waals surface area contributed by atoms with Gasteiger partial charge in [0.15, 0.2) is 0 Å². The van der Waals surface area contributed by atoms with E-state index in [1.165, 1.54) is 4.31 Å². The molecular formula is C21H27N3O3S. The molecule has 1 aliphatic rings. The van der Waals surface area contributed by atoms with Crippen LogP contribution in [0.2, 0.25) is 0 Å². The van der Waals surface area contributed by atoms with Gasteiger partial charge in [0.2, 0.25) is 15.9 Å². The van der Waals surface area contributed by atoms with Gasteiger partial charge in [-0.1, -0.05) is 60.7 Å². The third-order valence-corrected chi connectivity index (χ3v) is 6.81. The quantitative estimate of drug-likeness (QED) is 0.771. The molecular weight excluding hydrogens is 374 g/mol. The monoisotopic (exact) mass is 401 g/mol. The molecule has 2 aromatic carbocycles. The van der Waals surface area contributed by atoms with Gasteiger partial charge >= 0.3 is 0 Å². The molecule has 0 aliphatic carbocycles. The Hall–Kier alpha value is -2.22. The van der Waals surface area contributed by atoms with Crippen LogP contribution in [0.25, 0.3) is 0 Å². The molecule has 1 unspecified atom stereocenters. The highest BCUT2D eigenvalue weighted by Gasteiger charge is 2.27. The molecule has 1 N–H and O–H groups in total. The zero-order valence-corrected chi connectivity index (χ0v) is 16.9. The normalized spacial score (nSPS) is 17.2. The Bertz CT molecular complexity index is 864. The van der Waals surface area contributed by atoms with Crippen molar-refractivity contribution in [3.8, 4) is 0 Å². The van der Waals surface area contributed by atoms with Crippen molar-refractivity contribution in [3.63, 3.8) is 0 Å². The lowest BCUT2D eigenvalue weighted by Crippen LogP contribution is -2.51. The first-order valence-corrected chi connectivity index (χ1v) is 11.1. The van der Waals surface area contributed by atoms with Crippen LogP contribution in [0.3, 0.4) is 0 Å². The van der Waals surface area contributed by atoms with Crippen LogP contribution in [0, 0.1) is 0 Å². The van der Waals surface area contributed by atoms with Crippen LogP contribution in [0.4, 0.5) is 0 Å². The number of carbonyl (C=O) groups excluding carboxylic acids is 1. The minimum absolute atomic E-state index is 0.0168. The van der Waals surface area contributed by atoms with Gasteiger partial charge in [-0.25, -0.2) is 8.42 Å². The first-order valence-electron chi connectivity index (χ1n) is 9.52. The van der Waals surface area contributed by atoms with Crippen molar-refractivity contribution in [2.45, 2.75) is 18.7 Å². The van der Waals surface area contributed by atoms with Crippen LogP contribution in [0.15, 0.2) is 60.7 Å². The second kappa shape index (κ2) is 9.32. The van der Waals surface area contributed by atoms with Crippen molar-refractivity contribution >= 4 is 15.9 Å². The molecule has 6 nitrogen and oxygen atoms in total. The predicted octanol–water partition coefficient (Wildman–Crippen LogP) is 2.01. The van der Waals surface area contributed by atoms with E-state index in [1.54, 1.807) is 0 Å². The highest BCUT2D eigenvalue weighted by molar-refractivity contribution is 7.88. The molecule has 1 saturated heterocycles. The average molecular weight is 402 g/mol. The summed E-state index contributed by atoms with van der Waals surface area (Å²) in [4.78, 5) is 14.3. The van der Waals surface area contributed by atoms with Crippen molar-refractivity contribution in [2.75, 3.05) is 32.7 Å². The summed E-state index contributed by atoms with van der Waals surface area (Å²) in [6.45, 7) is 4.18. The van der Waals surface area contributed by atoms with Crippen molar-refractivity contribution in [2.24, 2.45) is 0 Å². The summed E-state index contributed by atoms with van der Waals surface area (Å²) in [7, 11) is -3.34. The van der Waals surface area contributed by atoms with E-state index in [1.807, 2.05) is 72.5 Å². The molecule has 0 aromatic heterocycles. The molecule has 150 valence electrons. The van der Waals surface area contributed by atoms with Gasteiger partial charge in [0, 0.05) is 26.2 Å². The van der Waals surface area contributed by atoms with E-state index >= 15 is 0 Å². The summed E-state index contributed by atoms with van der Waals surface area (Å²) < 4.78 is 26.8. The van der Waals surface area contributed by atoms with E-state index in [9.17, 15) is 13.2 Å². The first kappa shape index (κ1) is 20.5. The SMILES string of the molecule is CC(NC(=O)CN1CCN(S(=O)(=O)Cc2ccccc2)CC1)c1ccccc1. The van der Waals surface area contributed by atoms with E-state index in [0.717, 1.165) is 11.1 Å². The summed E-state index contributed by atoms with van der Waals surface area (Å²) >= 11 is 0. The molecule has 1 atom stereocenters. The number of benzene rings is 2. The van der Waals surface area contributed by atoms with Crippen molar-refractivity contribution in [3.05, 3.63) is 71.8 Å². The second-order valence-electron chi connectivity index (χ2n) is 7.12. The molecule has 28 heavy (non-hydrogen) atoms. The van der Waals surface area contributed by atoms with E-state index in [2.05, 4.69) is 5.32 Å². The van der Waals surface area contributed by atoms with Crippen LogP contribution in [0.5, 0.6) is 0 Å². The minimum Gasteiger partial charge on any atom is -0.348 e. The summed E-state index contributed by atoms with van der Waals surface area (Å²) in [5.41, 5.74) is 1.85. The van der Waals surface area contributed by atoms with Gasteiger partial charge in [-0.15, -0.1) is 0 Å². The van der Waals surface area contributed by atoms with Gasteiger partial charge < -0.3 is 5.32 Å². The van der Waals surface area contributed by atoms with E-state index in [-0.39, 0.29) is 24.2 Å². The first-order chi connectivity index (χ1) is 13.4. The molecule has 1 aliphatic heterocycles. The number of hydrogen-bond donors (Lipinski definition) is 1. The molecule has 3 rings (SSSR count). The third-order valence-electron chi connectivity index (χ3n) is 4.96. The van der Waals surface area contributed by atoms with Gasteiger partial charge in [-0.05, 0) is 18.1 Å². The van der Waals surface area contributed by atoms with E-state index in [0.29, 0.717) is 26.2 Å². The number of hydrogen-bond acceptors (Lipinski definition) is 4. The van der Waals surface area contributed by atoms with Gasteiger partial charge in [0.05, 0.1) is 18.3 Å². The van der Waals surface area contributed by atoms with Gasteiger partial charge in [0.1, 0.15) is 0 Å². The number of amides is 1. The molecule has 1 amide bonds. The molecule has 0 spiro atoms. The van der Waals surface area contributed by atoms with Crippen molar-refractivity contribution in [1.82, 2.24) is 14.5 Å². The van der Waals surface area contributed by atoms with Crippen LogP contribution in [0.1, 0.15) is 24.1 Å². The van der Waals surface area contributed by atoms with Crippen LogP contribution < -0.4 is 5.32 Å². The Morgan fingerprint density at radius 2 is 1.54 bits per heavy atom. The lowest BCUT2D eigenvalue weighted by Gasteiger charge is -2.33. The Balaban J connectivity index is 1.46. The fraction of sp³-hybridized carbons (Fsp3) is 0.381. The van der Waals surface area contributed by atoms with Gasteiger partial charge in [0.25, 0.3) is 0 Å². The molecule has 0 bridgehead atoms. The average Bonchev–Trinajstić information content (AvgIpc) is 2.69. The van der Waals surface area contributed by atoms with Crippen LogP contribution in [-0.2, 0) is 20.6 Å². The van der Waals surface area contributed by atoms with E-state index in [4.69, 9.17) is 0 Å². The lowest BCUT2D eigenvalue weighted by molar-refractivity contribution is -0.123. The highest BCUT2D eigenvalue weighted by Crippen LogP contribution is 2.14. The summed E-state index contributed by atoms with van der Waals surface area (Å²) in [6.07, 6.45) is 0. The summed E-state index contributed by atoms with van der Waals surface area (Å²) in [5.74, 6) is -0.0277. The lowest BCUT2D eigenvalue weighted by atomic mass is 10.1. The maximum Gasteiger partial charge on any atom is 0.234 e. The number of rotatable bonds is 7. The Morgan fingerprint density at radius 3 is 2.14 bits per heavy atom. The van der Waals surface area contributed by atoms with Crippen molar-refractivity contribution < 1.29 is 13.2 Å². The van der Waals surface area contributed by atoms with Gasteiger partial charge in [-0.2, -0.15) is 4.31 Å². The number of carbonyl (C=O) groups is 1. The molecule has 2 aromatic rings. The Labute approximate surface area is 167 Å². The van der Waals surface area contributed by atoms with Gasteiger partial charge in [-0.3, -0.25) is 9.69 Å². The summed E-state index contributed by atoms with van der Waals surface area (Å²) in [5, 5.41) is 3.01. The standard InChI is InChI=1S/C21H27N3O3S/c1-18(20-10-6-3-7-11-20)22-21(25)16-23-12-14-24(15-13-23)28(26,27)17-19-8-4-2-5-9-19/h2-11,18H,12-17H2,1H3,(H,22,25). The fourth-order valence-electron chi connectivity index (χ4n) is 3.36. The minimum atomic E-state index is -3.34. The molecule has 1 heterocycles. The molecule has 7 heteroatoms. The Morgan fingerprint density at radius 1 is 0.964 bits per heavy atom. The van der Waals surface area contributed by atoms with Crippen LogP contribution >= 0.6 is 0 Å². The molecule has 0 radical (unpaired) electrons. The number of sulfonamides is 1. The maximum atomic E-state index is 12.6. The zero-order valence-electron chi connectivity index (χ0n) is 16.1. The zero-order chi connectivity index (χ0) is 20.0. The number of nitrogens with one attached hydrogen (secondary N) is 1. The van der Waals surface area contributed by atoms with E-state index < -0.39 is 10.0 Å².